The molecule has 1 heterocycles. The third kappa shape index (κ3) is 3.07. The van der Waals surface area contributed by atoms with Gasteiger partial charge in [0.25, 0.3) is 0 Å². The third-order valence-corrected chi connectivity index (χ3v) is 4.79. The molecule has 0 saturated heterocycles. The van der Waals surface area contributed by atoms with Gasteiger partial charge in [-0.1, -0.05) is 29.8 Å². The largest absolute Gasteiger partial charge is 0.524 e. The van der Waals surface area contributed by atoms with E-state index in [2.05, 4.69) is 20.9 Å². The third-order valence-electron chi connectivity index (χ3n) is 3.07. The first-order valence-electron chi connectivity index (χ1n) is 6.16. The van der Waals surface area contributed by atoms with Crippen LogP contribution in [0.25, 0.3) is 22.2 Å². The number of aromatic amines is 1. The molecule has 114 valence electrons. The van der Waals surface area contributed by atoms with Gasteiger partial charge in [-0.15, -0.1) is 0 Å². The smallest absolute Gasteiger partial charge is 0.403 e. The van der Waals surface area contributed by atoms with Crippen LogP contribution in [0.2, 0.25) is 5.02 Å². The van der Waals surface area contributed by atoms with Gasteiger partial charge in [0.15, 0.2) is 0 Å². The number of phosphoric acid groups is 1. The Kier molecular flexibility index (Phi) is 4.05. The molecule has 0 bridgehead atoms. The molecule has 3 N–H and O–H groups in total. The highest BCUT2D eigenvalue weighted by molar-refractivity contribution is 9.10. The normalized spacial score (nSPS) is 11.8. The molecule has 0 saturated carbocycles. The Bertz CT molecular complexity index is 872. The zero-order valence-corrected chi connectivity index (χ0v) is 14.2. The van der Waals surface area contributed by atoms with Crippen molar-refractivity contribution in [1.82, 2.24) is 4.98 Å². The SMILES string of the molecule is O=P(O)(O)Oc1ccc(Br)c(Cl)c1-c1cc2ccccc2[nH]1. The van der Waals surface area contributed by atoms with Gasteiger partial charge >= 0.3 is 7.82 Å². The lowest BCUT2D eigenvalue weighted by Crippen LogP contribution is -1.94. The van der Waals surface area contributed by atoms with Crippen LogP contribution in [0.1, 0.15) is 0 Å². The zero-order chi connectivity index (χ0) is 15.9. The minimum absolute atomic E-state index is 0.00749. The minimum Gasteiger partial charge on any atom is -0.403 e. The van der Waals surface area contributed by atoms with Gasteiger partial charge in [0.05, 0.1) is 16.3 Å². The van der Waals surface area contributed by atoms with E-state index in [4.69, 9.17) is 25.9 Å². The number of nitrogens with one attached hydrogen (secondary N) is 1. The second kappa shape index (κ2) is 5.72. The molecular formula is C14H10BrClNO4P. The molecule has 0 radical (unpaired) electrons. The van der Waals surface area contributed by atoms with E-state index in [0.717, 1.165) is 10.9 Å². The highest BCUT2D eigenvalue weighted by Gasteiger charge is 2.22. The number of phosphoric ester groups is 1. The molecule has 0 aliphatic heterocycles. The summed E-state index contributed by atoms with van der Waals surface area (Å²) in [5.41, 5.74) is 1.88. The first kappa shape index (κ1) is 15.6. The molecule has 3 rings (SSSR count). The Morgan fingerprint density at radius 3 is 2.59 bits per heavy atom. The molecule has 0 amide bonds. The van der Waals surface area contributed by atoms with E-state index < -0.39 is 7.82 Å². The standard InChI is InChI=1S/C14H10BrClNO4P/c15-9-5-6-12(21-22(18,19)20)13(14(9)16)11-7-8-3-1-2-4-10(8)17-11/h1-7,17H,(H2,18,19,20). The average molecular weight is 403 g/mol. The Balaban J connectivity index is 2.23. The van der Waals surface area contributed by atoms with Gasteiger partial charge in [0.1, 0.15) is 5.75 Å². The van der Waals surface area contributed by atoms with Crippen LogP contribution < -0.4 is 4.52 Å². The summed E-state index contributed by atoms with van der Waals surface area (Å²) in [6.07, 6.45) is 0. The molecule has 0 spiro atoms. The fraction of sp³-hybridized carbons (Fsp3) is 0. The number of H-pyrrole nitrogens is 1. The van der Waals surface area contributed by atoms with E-state index in [-0.39, 0.29) is 5.75 Å². The maximum absolute atomic E-state index is 11.2. The van der Waals surface area contributed by atoms with Crippen molar-refractivity contribution in [3.8, 4) is 17.0 Å². The van der Waals surface area contributed by atoms with E-state index in [9.17, 15) is 4.57 Å². The van der Waals surface area contributed by atoms with Crippen LogP contribution in [0.15, 0.2) is 46.9 Å². The van der Waals surface area contributed by atoms with E-state index in [1.54, 1.807) is 6.07 Å². The van der Waals surface area contributed by atoms with Crippen LogP contribution in [-0.2, 0) is 4.57 Å². The van der Waals surface area contributed by atoms with Crippen molar-refractivity contribution in [1.29, 1.82) is 0 Å². The monoisotopic (exact) mass is 401 g/mol. The van der Waals surface area contributed by atoms with Gasteiger partial charge in [0.2, 0.25) is 0 Å². The predicted molar refractivity (Wildman–Crippen MR) is 89.1 cm³/mol. The van der Waals surface area contributed by atoms with E-state index >= 15 is 0 Å². The van der Waals surface area contributed by atoms with Crippen molar-refractivity contribution in [2.45, 2.75) is 0 Å². The fourth-order valence-corrected chi connectivity index (χ4v) is 3.19. The molecule has 0 aliphatic carbocycles. The number of hydrogen-bond acceptors (Lipinski definition) is 2. The first-order chi connectivity index (χ1) is 10.3. The maximum Gasteiger partial charge on any atom is 0.524 e. The van der Waals surface area contributed by atoms with Gasteiger partial charge in [-0.05, 0) is 40.2 Å². The van der Waals surface area contributed by atoms with Crippen molar-refractivity contribution in [3.05, 3.63) is 52.0 Å². The summed E-state index contributed by atoms with van der Waals surface area (Å²) < 4.78 is 16.5. The summed E-state index contributed by atoms with van der Waals surface area (Å²) in [4.78, 5) is 21.3. The first-order valence-corrected chi connectivity index (χ1v) is 8.86. The van der Waals surface area contributed by atoms with Gasteiger partial charge < -0.3 is 9.51 Å². The quantitative estimate of drug-likeness (QED) is 0.554. The Morgan fingerprint density at radius 1 is 1.18 bits per heavy atom. The molecule has 5 nitrogen and oxygen atoms in total. The number of para-hydroxylation sites is 1. The number of hydrogen-bond donors (Lipinski definition) is 3. The topological polar surface area (TPSA) is 82.6 Å². The molecule has 1 aromatic heterocycles. The Morgan fingerprint density at radius 2 is 1.91 bits per heavy atom. The highest BCUT2D eigenvalue weighted by Crippen LogP contribution is 2.47. The lowest BCUT2D eigenvalue weighted by atomic mass is 10.1. The van der Waals surface area contributed by atoms with Crippen LogP contribution >= 0.6 is 35.4 Å². The van der Waals surface area contributed by atoms with Crippen molar-refractivity contribution < 1.29 is 18.9 Å². The Labute approximate surface area is 139 Å². The average Bonchev–Trinajstić information content (AvgIpc) is 2.85. The van der Waals surface area contributed by atoms with Crippen LogP contribution in [-0.4, -0.2) is 14.8 Å². The minimum atomic E-state index is -4.69. The summed E-state index contributed by atoms with van der Waals surface area (Å²) >= 11 is 9.60. The molecule has 2 aromatic carbocycles. The Hall–Kier alpha value is -1.30. The predicted octanol–water partition coefficient (Wildman–Crippen LogP) is 4.72. The molecule has 0 unspecified atom stereocenters. The molecule has 0 fully saturated rings. The van der Waals surface area contributed by atoms with Gasteiger partial charge in [-0.2, -0.15) is 0 Å². The van der Waals surface area contributed by atoms with Crippen LogP contribution in [0.3, 0.4) is 0 Å². The van der Waals surface area contributed by atoms with E-state index in [1.165, 1.54) is 6.07 Å². The molecule has 0 atom stereocenters. The van der Waals surface area contributed by atoms with Crippen molar-refractivity contribution in [2.75, 3.05) is 0 Å². The fourth-order valence-electron chi connectivity index (χ4n) is 2.20. The number of rotatable bonds is 3. The second-order valence-corrected chi connectivity index (χ2v) is 6.98. The van der Waals surface area contributed by atoms with E-state index in [0.29, 0.717) is 20.8 Å². The summed E-state index contributed by atoms with van der Waals surface area (Å²) in [5.74, 6) is 0.00749. The number of fused-ring (bicyclic) bond motifs is 1. The molecule has 0 aliphatic rings. The second-order valence-electron chi connectivity index (χ2n) is 4.59. The summed E-state index contributed by atoms with van der Waals surface area (Å²) in [6.45, 7) is 0. The van der Waals surface area contributed by atoms with Gasteiger partial charge in [-0.25, -0.2) is 4.57 Å². The van der Waals surface area contributed by atoms with Crippen LogP contribution in [0, 0.1) is 0 Å². The van der Waals surface area contributed by atoms with Gasteiger partial charge in [-0.3, -0.25) is 9.79 Å². The lowest BCUT2D eigenvalue weighted by molar-refractivity contribution is 0.283. The molecule has 3 aromatic rings. The number of halogens is 2. The van der Waals surface area contributed by atoms with Crippen molar-refractivity contribution in [3.63, 3.8) is 0 Å². The molecular weight excluding hydrogens is 392 g/mol. The van der Waals surface area contributed by atoms with Crippen LogP contribution in [0.5, 0.6) is 5.75 Å². The summed E-state index contributed by atoms with van der Waals surface area (Å²) in [6, 6.07) is 12.5. The maximum atomic E-state index is 11.2. The van der Waals surface area contributed by atoms with Crippen LogP contribution in [0.4, 0.5) is 0 Å². The molecule has 22 heavy (non-hydrogen) atoms. The lowest BCUT2D eigenvalue weighted by Gasteiger charge is -2.13. The van der Waals surface area contributed by atoms with Crippen molar-refractivity contribution in [2.24, 2.45) is 0 Å². The van der Waals surface area contributed by atoms with Crippen molar-refractivity contribution >= 4 is 46.3 Å². The number of aromatic nitrogens is 1. The summed E-state index contributed by atoms with van der Waals surface area (Å²) in [5, 5.41) is 1.26. The number of benzene rings is 2. The summed E-state index contributed by atoms with van der Waals surface area (Å²) in [7, 11) is -4.69. The van der Waals surface area contributed by atoms with Gasteiger partial charge in [0, 0.05) is 15.4 Å². The van der Waals surface area contributed by atoms with E-state index in [1.807, 2.05) is 30.3 Å². The molecule has 8 heteroatoms. The zero-order valence-electron chi connectivity index (χ0n) is 11.0. The highest BCUT2D eigenvalue weighted by atomic mass is 79.9.